The normalized spacial score (nSPS) is 26.6. The predicted molar refractivity (Wildman–Crippen MR) is 43.9 cm³/mol. The lowest BCUT2D eigenvalue weighted by atomic mass is 9.70. The largest absolute Gasteiger partial charge is 0.395 e. The molecule has 2 fully saturated rings. The molecule has 2 saturated carbocycles. The Labute approximate surface area is 67.8 Å². The summed E-state index contributed by atoms with van der Waals surface area (Å²) in [6.07, 6.45) is 6.05. The fraction of sp³-hybridized carbons (Fsp3) is 0.800. The standard InChI is InChI=1S/C10H14O/c11-8-10(5-1-6-10)7-4-9-2-3-9/h9,11H,1-3,5-6,8H2. The maximum absolute atomic E-state index is 9.07. The smallest absolute Gasteiger partial charge is 0.0597 e. The van der Waals surface area contributed by atoms with E-state index in [0.717, 1.165) is 12.8 Å². The molecule has 2 aliphatic rings. The highest BCUT2D eigenvalue weighted by Crippen LogP contribution is 2.40. The molecule has 0 atom stereocenters. The molecule has 0 saturated heterocycles. The molecule has 0 radical (unpaired) electrons. The molecule has 2 rings (SSSR count). The van der Waals surface area contributed by atoms with Crippen LogP contribution in [0.3, 0.4) is 0 Å². The number of rotatable bonds is 1. The molecule has 0 spiro atoms. The van der Waals surface area contributed by atoms with Gasteiger partial charge in [0.05, 0.1) is 12.0 Å². The molecule has 0 aliphatic heterocycles. The minimum absolute atomic E-state index is 0.0303. The fourth-order valence-corrected chi connectivity index (χ4v) is 1.41. The average molecular weight is 150 g/mol. The van der Waals surface area contributed by atoms with Crippen LogP contribution in [0.5, 0.6) is 0 Å². The second-order valence-electron chi connectivity index (χ2n) is 3.84. The van der Waals surface area contributed by atoms with Gasteiger partial charge in [0, 0.05) is 5.92 Å². The van der Waals surface area contributed by atoms with Gasteiger partial charge in [0.1, 0.15) is 0 Å². The lowest BCUT2D eigenvalue weighted by Crippen LogP contribution is -2.31. The molecule has 60 valence electrons. The third-order valence-electron chi connectivity index (χ3n) is 2.73. The Morgan fingerprint density at radius 1 is 1.36 bits per heavy atom. The van der Waals surface area contributed by atoms with Crippen molar-refractivity contribution in [1.29, 1.82) is 0 Å². The fourth-order valence-electron chi connectivity index (χ4n) is 1.41. The summed E-state index contributed by atoms with van der Waals surface area (Å²) in [4.78, 5) is 0. The van der Waals surface area contributed by atoms with Gasteiger partial charge in [0.15, 0.2) is 0 Å². The molecule has 11 heavy (non-hydrogen) atoms. The van der Waals surface area contributed by atoms with Crippen molar-refractivity contribution in [2.75, 3.05) is 6.61 Å². The van der Waals surface area contributed by atoms with Crippen molar-refractivity contribution in [2.24, 2.45) is 11.3 Å². The van der Waals surface area contributed by atoms with Crippen LogP contribution in [-0.4, -0.2) is 11.7 Å². The molecule has 1 nitrogen and oxygen atoms in total. The highest BCUT2D eigenvalue weighted by molar-refractivity contribution is 5.19. The second kappa shape index (κ2) is 2.53. The molecule has 1 N–H and O–H groups in total. The highest BCUT2D eigenvalue weighted by Gasteiger charge is 2.34. The van der Waals surface area contributed by atoms with Crippen LogP contribution in [-0.2, 0) is 0 Å². The van der Waals surface area contributed by atoms with Crippen molar-refractivity contribution in [3.05, 3.63) is 0 Å². The second-order valence-corrected chi connectivity index (χ2v) is 3.84. The maximum atomic E-state index is 9.07. The number of aliphatic hydroxyl groups excluding tert-OH is 1. The van der Waals surface area contributed by atoms with E-state index in [4.69, 9.17) is 5.11 Å². The minimum atomic E-state index is 0.0303. The summed E-state index contributed by atoms with van der Waals surface area (Å²) in [5.41, 5.74) is 0.0303. The Balaban J connectivity index is 1.96. The summed E-state index contributed by atoms with van der Waals surface area (Å²) in [6.45, 7) is 0.271. The van der Waals surface area contributed by atoms with Crippen LogP contribution in [0.4, 0.5) is 0 Å². The van der Waals surface area contributed by atoms with E-state index < -0.39 is 0 Å². The molecule has 0 aromatic heterocycles. The molecular formula is C10H14O. The van der Waals surface area contributed by atoms with Crippen LogP contribution >= 0.6 is 0 Å². The summed E-state index contributed by atoms with van der Waals surface area (Å²) in [6, 6.07) is 0. The first-order chi connectivity index (χ1) is 5.35. The van der Waals surface area contributed by atoms with E-state index in [1.165, 1.54) is 19.3 Å². The van der Waals surface area contributed by atoms with E-state index in [9.17, 15) is 0 Å². The van der Waals surface area contributed by atoms with Crippen molar-refractivity contribution < 1.29 is 5.11 Å². The van der Waals surface area contributed by atoms with Gasteiger partial charge in [-0.3, -0.25) is 0 Å². The minimum Gasteiger partial charge on any atom is -0.395 e. The third-order valence-corrected chi connectivity index (χ3v) is 2.73. The van der Waals surface area contributed by atoms with Crippen LogP contribution in [0.25, 0.3) is 0 Å². The lowest BCUT2D eigenvalue weighted by molar-refractivity contribution is 0.101. The molecule has 1 heteroatoms. The zero-order chi connectivity index (χ0) is 7.73. The first kappa shape index (κ1) is 7.18. The Morgan fingerprint density at radius 3 is 2.45 bits per heavy atom. The topological polar surface area (TPSA) is 20.2 Å². The Kier molecular flexibility index (Phi) is 1.65. The monoisotopic (exact) mass is 150 g/mol. The molecule has 0 bridgehead atoms. The Hall–Kier alpha value is -0.480. The van der Waals surface area contributed by atoms with Gasteiger partial charge in [0.2, 0.25) is 0 Å². The zero-order valence-corrected chi connectivity index (χ0v) is 6.77. The summed E-state index contributed by atoms with van der Waals surface area (Å²) < 4.78 is 0. The van der Waals surface area contributed by atoms with E-state index >= 15 is 0 Å². The summed E-state index contributed by atoms with van der Waals surface area (Å²) >= 11 is 0. The van der Waals surface area contributed by atoms with Gasteiger partial charge in [-0.1, -0.05) is 18.3 Å². The van der Waals surface area contributed by atoms with Gasteiger partial charge in [-0.05, 0) is 25.7 Å². The van der Waals surface area contributed by atoms with Gasteiger partial charge in [-0.15, -0.1) is 0 Å². The number of hydrogen-bond acceptors (Lipinski definition) is 1. The molecule has 0 heterocycles. The predicted octanol–water partition coefficient (Wildman–Crippen LogP) is 1.56. The number of aliphatic hydroxyl groups is 1. The molecule has 0 unspecified atom stereocenters. The van der Waals surface area contributed by atoms with E-state index in [1.54, 1.807) is 0 Å². The zero-order valence-electron chi connectivity index (χ0n) is 6.77. The molecule has 0 aromatic rings. The quantitative estimate of drug-likeness (QED) is 0.562. The van der Waals surface area contributed by atoms with E-state index in [0.29, 0.717) is 5.92 Å². The van der Waals surface area contributed by atoms with Crippen LogP contribution in [0, 0.1) is 23.2 Å². The van der Waals surface area contributed by atoms with Gasteiger partial charge in [0.25, 0.3) is 0 Å². The maximum Gasteiger partial charge on any atom is 0.0597 e. The van der Waals surface area contributed by atoms with Gasteiger partial charge >= 0.3 is 0 Å². The summed E-state index contributed by atoms with van der Waals surface area (Å²) in [5, 5.41) is 9.07. The van der Waals surface area contributed by atoms with Crippen molar-refractivity contribution in [3.8, 4) is 11.8 Å². The van der Waals surface area contributed by atoms with Crippen molar-refractivity contribution >= 4 is 0 Å². The SMILES string of the molecule is OCC1(C#CC2CC2)CCC1. The molecule has 0 aromatic carbocycles. The van der Waals surface area contributed by atoms with Crippen LogP contribution in [0.2, 0.25) is 0 Å². The summed E-state index contributed by atoms with van der Waals surface area (Å²) in [7, 11) is 0. The highest BCUT2D eigenvalue weighted by atomic mass is 16.3. The molecule has 2 aliphatic carbocycles. The first-order valence-electron chi connectivity index (χ1n) is 4.48. The Bertz CT molecular complexity index is 195. The Morgan fingerprint density at radius 2 is 2.09 bits per heavy atom. The summed E-state index contributed by atoms with van der Waals surface area (Å²) in [5.74, 6) is 7.16. The van der Waals surface area contributed by atoms with Gasteiger partial charge < -0.3 is 5.11 Å². The van der Waals surface area contributed by atoms with Crippen molar-refractivity contribution in [1.82, 2.24) is 0 Å². The molecular weight excluding hydrogens is 136 g/mol. The first-order valence-corrected chi connectivity index (χ1v) is 4.48. The number of hydrogen-bond donors (Lipinski definition) is 1. The average Bonchev–Trinajstić information content (AvgIpc) is 2.70. The van der Waals surface area contributed by atoms with E-state index in [2.05, 4.69) is 11.8 Å². The third kappa shape index (κ3) is 1.41. The van der Waals surface area contributed by atoms with Crippen LogP contribution in [0.1, 0.15) is 32.1 Å². The molecule has 0 amide bonds. The van der Waals surface area contributed by atoms with E-state index in [1.807, 2.05) is 0 Å². The van der Waals surface area contributed by atoms with Gasteiger partial charge in [-0.25, -0.2) is 0 Å². The van der Waals surface area contributed by atoms with E-state index in [-0.39, 0.29) is 12.0 Å². The van der Waals surface area contributed by atoms with Crippen LogP contribution in [0.15, 0.2) is 0 Å². The van der Waals surface area contributed by atoms with Crippen LogP contribution < -0.4 is 0 Å². The van der Waals surface area contributed by atoms with Gasteiger partial charge in [-0.2, -0.15) is 0 Å². The van der Waals surface area contributed by atoms with Crippen molar-refractivity contribution in [2.45, 2.75) is 32.1 Å². The van der Waals surface area contributed by atoms with Crippen molar-refractivity contribution in [3.63, 3.8) is 0 Å². The lowest BCUT2D eigenvalue weighted by Gasteiger charge is -2.35.